The Bertz CT molecular complexity index is 126. The van der Waals surface area contributed by atoms with Gasteiger partial charge in [0.25, 0.3) is 0 Å². The van der Waals surface area contributed by atoms with Crippen molar-refractivity contribution in [1.29, 1.82) is 0 Å². The third-order valence-corrected chi connectivity index (χ3v) is 3.30. The van der Waals surface area contributed by atoms with Crippen molar-refractivity contribution in [3.8, 4) is 0 Å². The molecule has 0 aromatic heterocycles. The number of rotatable bonds is 0. The lowest BCUT2D eigenvalue weighted by Crippen LogP contribution is -2.21. The van der Waals surface area contributed by atoms with Crippen LogP contribution in [0.3, 0.4) is 0 Å². The van der Waals surface area contributed by atoms with Crippen molar-refractivity contribution in [2.45, 2.75) is 27.7 Å². The number of fused-ring (bicyclic) bond motifs is 1. The van der Waals surface area contributed by atoms with E-state index >= 15 is 0 Å². The largest absolute Gasteiger partial charge is 0.306 e. The molecule has 2 rings (SSSR count). The second-order valence-electron chi connectivity index (χ2n) is 4.26. The predicted octanol–water partition coefficient (Wildman–Crippen LogP) is 2.23. The first-order chi connectivity index (χ1) is 5.12. The Morgan fingerprint density at radius 2 is 1.45 bits per heavy atom. The van der Waals surface area contributed by atoms with Crippen LogP contribution in [-0.2, 0) is 0 Å². The summed E-state index contributed by atoms with van der Waals surface area (Å²) >= 11 is 0. The van der Waals surface area contributed by atoms with Crippen LogP contribution in [0, 0.1) is 17.3 Å². The van der Waals surface area contributed by atoms with Crippen molar-refractivity contribution in [3.05, 3.63) is 0 Å². The van der Waals surface area contributed by atoms with Gasteiger partial charge in [-0.05, 0) is 24.3 Å². The van der Waals surface area contributed by atoms with Gasteiger partial charge in [0, 0.05) is 13.1 Å². The monoisotopic (exact) mass is 155 g/mol. The standard InChI is InChI=1S/C8H15N.C2H6/c1-8(2)6-4-9(3)5-7(6)8;1-2/h6-7H,4-5H2,1-3H3;1-2H3/t6-,7+;. The summed E-state index contributed by atoms with van der Waals surface area (Å²) in [7, 11) is 2.22. The third-order valence-electron chi connectivity index (χ3n) is 3.30. The van der Waals surface area contributed by atoms with Crippen molar-refractivity contribution < 1.29 is 0 Å². The Hall–Kier alpha value is -0.0400. The Morgan fingerprint density at radius 3 is 1.73 bits per heavy atom. The van der Waals surface area contributed by atoms with Crippen LogP contribution in [0.4, 0.5) is 0 Å². The summed E-state index contributed by atoms with van der Waals surface area (Å²) in [5.74, 6) is 2.06. The van der Waals surface area contributed by atoms with Gasteiger partial charge in [-0.1, -0.05) is 27.7 Å². The lowest BCUT2D eigenvalue weighted by molar-refractivity contribution is 0.306. The summed E-state index contributed by atoms with van der Waals surface area (Å²) < 4.78 is 0. The lowest BCUT2D eigenvalue weighted by atomic mass is 10.1. The first-order valence-electron chi connectivity index (χ1n) is 4.81. The van der Waals surface area contributed by atoms with Gasteiger partial charge in [-0.2, -0.15) is 0 Å². The van der Waals surface area contributed by atoms with Gasteiger partial charge in [0.2, 0.25) is 0 Å². The van der Waals surface area contributed by atoms with Crippen molar-refractivity contribution >= 4 is 0 Å². The van der Waals surface area contributed by atoms with Crippen molar-refractivity contribution in [3.63, 3.8) is 0 Å². The molecule has 2 fully saturated rings. The normalized spacial score (nSPS) is 39.0. The molecular weight excluding hydrogens is 134 g/mol. The van der Waals surface area contributed by atoms with Gasteiger partial charge in [-0.25, -0.2) is 0 Å². The van der Waals surface area contributed by atoms with Crippen LogP contribution in [0.15, 0.2) is 0 Å². The third kappa shape index (κ3) is 1.31. The van der Waals surface area contributed by atoms with E-state index in [9.17, 15) is 0 Å². The highest BCUT2D eigenvalue weighted by molar-refractivity contribution is 5.10. The quantitative estimate of drug-likeness (QED) is 0.518. The van der Waals surface area contributed by atoms with Crippen LogP contribution >= 0.6 is 0 Å². The van der Waals surface area contributed by atoms with Crippen molar-refractivity contribution in [2.24, 2.45) is 17.3 Å². The summed E-state index contributed by atoms with van der Waals surface area (Å²) in [6, 6.07) is 0. The maximum Gasteiger partial charge on any atom is 0.00153 e. The van der Waals surface area contributed by atoms with Gasteiger partial charge in [0.05, 0.1) is 0 Å². The van der Waals surface area contributed by atoms with Crippen LogP contribution in [-0.4, -0.2) is 25.0 Å². The van der Waals surface area contributed by atoms with E-state index in [1.165, 1.54) is 13.1 Å². The van der Waals surface area contributed by atoms with Gasteiger partial charge in [0.15, 0.2) is 0 Å². The Morgan fingerprint density at radius 1 is 1.09 bits per heavy atom. The second-order valence-corrected chi connectivity index (χ2v) is 4.26. The van der Waals surface area contributed by atoms with E-state index in [2.05, 4.69) is 25.8 Å². The van der Waals surface area contributed by atoms with Gasteiger partial charge >= 0.3 is 0 Å². The van der Waals surface area contributed by atoms with Gasteiger partial charge in [0.1, 0.15) is 0 Å². The van der Waals surface area contributed by atoms with Crippen molar-refractivity contribution in [2.75, 3.05) is 20.1 Å². The maximum atomic E-state index is 2.45. The van der Waals surface area contributed by atoms with Crippen LogP contribution in [0.1, 0.15) is 27.7 Å². The number of piperidine rings is 1. The summed E-state index contributed by atoms with van der Waals surface area (Å²) in [5, 5.41) is 0. The maximum absolute atomic E-state index is 2.45. The van der Waals surface area contributed by atoms with Crippen LogP contribution in [0.5, 0.6) is 0 Å². The molecule has 0 radical (unpaired) electrons. The first-order valence-corrected chi connectivity index (χ1v) is 4.81. The van der Waals surface area contributed by atoms with Gasteiger partial charge < -0.3 is 4.90 Å². The van der Waals surface area contributed by atoms with E-state index in [0.717, 1.165) is 11.8 Å². The average molecular weight is 155 g/mol. The molecule has 0 bridgehead atoms. The molecule has 0 aromatic carbocycles. The SMILES string of the molecule is CC.CN1C[C@@H]2[C@H](C1)C2(C)C. The molecule has 2 atom stereocenters. The molecule has 0 spiro atoms. The number of hydrogen-bond donors (Lipinski definition) is 0. The van der Waals surface area contributed by atoms with Crippen molar-refractivity contribution in [1.82, 2.24) is 4.90 Å². The molecule has 0 N–H and O–H groups in total. The molecule has 1 saturated carbocycles. The highest BCUT2D eigenvalue weighted by atomic mass is 15.2. The van der Waals surface area contributed by atoms with Gasteiger partial charge in [-0.15, -0.1) is 0 Å². The van der Waals surface area contributed by atoms with E-state index in [1.54, 1.807) is 0 Å². The molecule has 1 nitrogen and oxygen atoms in total. The predicted molar refractivity (Wildman–Crippen MR) is 49.6 cm³/mol. The van der Waals surface area contributed by atoms with E-state index in [4.69, 9.17) is 0 Å². The summed E-state index contributed by atoms with van der Waals surface area (Å²) in [4.78, 5) is 2.45. The fraction of sp³-hybridized carbons (Fsp3) is 1.00. The van der Waals surface area contributed by atoms with Crippen LogP contribution in [0.25, 0.3) is 0 Å². The highest BCUT2D eigenvalue weighted by Gasteiger charge is 2.60. The second kappa shape index (κ2) is 2.78. The summed E-state index contributed by atoms with van der Waals surface area (Å²) in [5.41, 5.74) is 0.701. The Balaban J connectivity index is 0.000000281. The Labute approximate surface area is 70.8 Å². The average Bonchev–Trinajstić information content (AvgIpc) is 2.34. The molecule has 1 heteroatoms. The Kier molecular flexibility index (Phi) is 2.29. The van der Waals surface area contributed by atoms with E-state index < -0.39 is 0 Å². The number of likely N-dealkylation sites (tertiary alicyclic amines) is 1. The molecule has 1 saturated heterocycles. The number of nitrogens with zero attached hydrogens (tertiary/aromatic N) is 1. The lowest BCUT2D eigenvalue weighted by Gasteiger charge is -2.15. The van der Waals surface area contributed by atoms with E-state index in [1.807, 2.05) is 13.8 Å². The highest BCUT2D eigenvalue weighted by Crippen LogP contribution is 2.61. The zero-order chi connectivity index (χ0) is 8.65. The zero-order valence-corrected chi connectivity index (χ0v) is 8.52. The topological polar surface area (TPSA) is 3.24 Å². The minimum Gasteiger partial charge on any atom is -0.306 e. The molecule has 0 amide bonds. The molecule has 66 valence electrons. The molecule has 0 aromatic rings. The molecule has 1 aliphatic carbocycles. The molecule has 0 unspecified atom stereocenters. The zero-order valence-electron chi connectivity index (χ0n) is 8.52. The fourth-order valence-electron chi connectivity index (χ4n) is 2.33. The minimum atomic E-state index is 0.701. The molecule has 1 aliphatic heterocycles. The molecule has 11 heavy (non-hydrogen) atoms. The number of hydrogen-bond acceptors (Lipinski definition) is 1. The first kappa shape index (κ1) is 9.05. The fourth-order valence-corrected chi connectivity index (χ4v) is 2.33. The van der Waals surface area contributed by atoms with E-state index in [0.29, 0.717) is 5.41 Å². The molecule has 2 aliphatic rings. The minimum absolute atomic E-state index is 0.701. The molecular formula is C10H21N. The molecule has 1 heterocycles. The van der Waals surface area contributed by atoms with Gasteiger partial charge in [-0.3, -0.25) is 0 Å². The van der Waals surface area contributed by atoms with Crippen LogP contribution < -0.4 is 0 Å². The smallest absolute Gasteiger partial charge is 0.00153 e. The summed E-state index contributed by atoms with van der Waals surface area (Å²) in [6.07, 6.45) is 0. The van der Waals surface area contributed by atoms with Crippen LogP contribution in [0.2, 0.25) is 0 Å². The van der Waals surface area contributed by atoms with E-state index in [-0.39, 0.29) is 0 Å². The summed E-state index contributed by atoms with van der Waals surface area (Å²) in [6.45, 7) is 11.5.